The Hall–Kier alpha value is -2.33. The van der Waals surface area contributed by atoms with E-state index in [-0.39, 0.29) is 30.4 Å². The molecule has 2 aromatic carbocycles. The van der Waals surface area contributed by atoms with E-state index in [1.807, 2.05) is 25.1 Å². The Morgan fingerprint density at radius 2 is 2.03 bits per heavy atom. The number of thiazole rings is 1. The van der Waals surface area contributed by atoms with Crippen LogP contribution in [0.4, 0.5) is 13.9 Å². The lowest BCUT2D eigenvalue weighted by Crippen LogP contribution is -2.40. The summed E-state index contributed by atoms with van der Waals surface area (Å²) in [4.78, 5) is 21.2. The molecule has 10 heteroatoms. The number of ether oxygens (including phenoxy) is 2. The van der Waals surface area contributed by atoms with Gasteiger partial charge in [0.2, 0.25) is 0 Å². The zero-order valence-electron chi connectivity index (χ0n) is 18.3. The van der Waals surface area contributed by atoms with Crippen molar-refractivity contribution < 1.29 is 23.0 Å². The first-order valence-electron chi connectivity index (χ1n) is 10.5. The van der Waals surface area contributed by atoms with Gasteiger partial charge >= 0.3 is 0 Å². The van der Waals surface area contributed by atoms with Gasteiger partial charge in [-0.1, -0.05) is 23.5 Å². The summed E-state index contributed by atoms with van der Waals surface area (Å²) in [5.74, 6) is -1.09. The summed E-state index contributed by atoms with van der Waals surface area (Å²) in [5.41, 5.74) is 1.10. The zero-order chi connectivity index (χ0) is 22.5. The number of anilines is 1. The van der Waals surface area contributed by atoms with E-state index in [0.717, 1.165) is 42.6 Å². The van der Waals surface area contributed by atoms with Crippen molar-refractivity contribution in [3.05, 3.63) is 53.6 Å². The van der Waals surface area contributed by atoms with Crippen LogP contribution >= 0.6 is 23.7 Å². The molecular formula is C23H26ClF2N3O3S. The molecule has 3 aromatic rings. The van der Waals surface area contributed by atoms with E-state index < -0.39 is 11.6 Å². The molecule has 2 heterocycles. The molecule has 0 unspecified atom stereocenters. The Morgan fingerprint density at radius 3 is 2.79 bits per heavy atom. The minimum absolute atomic E-state index is 0. The Morgan fingerprint density at radius 1 is 1.24 bits per heavy atom. The SMILES string of the molecule is Cc1cccc(OCC(=O)N(CCCN2CCOCC2)c2nc3c(F)cc(F)cc3s2)c1.Cl. The summed E-state index contributed by atoms with van der Waals surface area (Å²) in [6, 6.07) is 9.49. The van der Waals surface area contributed by atoms with E-state index in [9.17, 15) is 13.6 Å². The molecule has 1 aromatic heterocycles. The molecule has 0 atom stereocenters. The fourth-order valence-corrected chi connectivity index (χ4v) is 4.64. The van der Waals surface area contributed by atoms with Crippen LogP contribution in [-0.4, -0.2) is 61.8 Å². The molecule has 1 fully saturated rings. The van der Waals surface area contributed by atoms with Crippen LogP contribution in [-0.2, 0) is 9.53 Å². The van der Waals surface area contributed by atoms with Crippen LogP contribution in [0.3, 0.4) is 0 Å². The van der Waals surface area contributed by atoms with Gasteiger partial charge in [-0.15, -0.1) is 12.4 Å². The van der Waals surface area contributed by atoms with E-state index in [2.05, 4.69) is 9.88 Å². The van der Waals surface area contributed by atoms with Crippen molar-refractivity contribution in [2.75, 3.05) is 50.9 Å². The van der Waals surface area contributed by atoms with Gasteiger partial charge in [0.25, 0.3) is 5.91 Å². The second kappa shape index (κ2) is 11.7. The molecule has 1 aliphatic rings. The lowest BCUT2D eigenvalue weighted by Gasteiger charge is -2.27. The number of benzene rings is 2. The van der Waals surface area contributed by atoms with Crippen molar-refractivity contribution in [1.82, 2.24) is 9.88 Å². The lowest BCUT2D eigenvalue weighted by molar-refractivity contribution is -0.120. The molecule has 1 amide bonds. The quantitative estimate of drug-likeness (QED) is 0.460. The molecule has 0 spiro atoms. The second-order valence-electron chi connectivity index (χ2n) is 7.69. The maximum atomic E-state index is 14.2. The molecule has 178 valence electrons. The maximum absolute atomic E-state index is 14.2. The molecule has 1 saturated heterocycles. The number of fused-ring (bicyclic) bond motifs is 1. The monoisotopic (exact) mass is 497 g/mol. The number of hydrogen-bond acceptors (Lipinski definition) is 6. The van der Waals surface area contributed by atoms with Crippen LogP contribution in [0.5, 0.6) is 5.75 Å². The van der Waals surface area contributed by atoms with Crippen molar-refractivity contribution in [3.8, 4) is 5.75 Å². The number of carbonyl (C=O) groups excluding carboxylic acids is 1. The molecule has 6 nitrogen and oxygen atoms in total. The van der Waals surface area contributed by atoms with Gasteiger partial charge in [-0.05, 0) is 37.1 Å². The summed E-state index contributed by atoms with van der Waals surface area (Å²) >= 11 is 1.10. The number of hydrogen-bond donors (Lipinski definition) is 0. The van der Waals surface area contributed by atoms with Crippen molar-refractivity contribution in [2.45, 2.75) is 13.3 Å². The zero-order valence-corrected chi connectivity index (χ0v) is 19.9. The maximum Gasteiger partial charge on any atom is 0.266 e. The molecule has 4 rings (SSSR count). The van der Waals surface area contributed by atoms with Gasteiger partial charge in [0.05, 0.1) is 17.9 Å². The third-order valence-corrected chi connectivity index (χ3v) is 6.27. The van der Waals surface area contributed by atoms with Gasteiger partial charge in [-0.3, -0.25) is 14.6 Å². The highest BCUT2D eigenvalue weighted by atomic mass is 35.5. The average molecular weight is 498 g/mol. The summed E-state index contributed by atoms with van der Waals surface area (Å²) in [5, 5.41) is 0.337. The smallest absolute Gasteiger partial charge is 0.266 e. The Balaban J connectivity index is 0.00000306. The minimum atomic E-state index is -0.737. The number of aromatic nitrogens is 1. The molecule has 0 N–H and O–H groups in total. The highest BCUT2D eigenvalue weighted by molar-refractivity contribution is 7.22. The largest absolute Gasteiger partial charge is 0.484 e. The highest BCUT2D eigenvalue weighted by Gasteiger charge is 2.22. The Bertz CT molecular complexity index is 1090. The van der Waals surface area contributed by atoms with Gasteiger partial charge in [0, 0.05) is 32.2 Å². The number of halogens is 3. The van der Waals surface area contributed by atoms with Gasteiger partial charge in [-0.2, -0.15) is 0 Å². The van der Waals surface area contributed by atoms with Crippen LogP contribution in [0.25, 0.3) is 10.2 Å². The minimum Gasteiger partial charge on any atom is -0.484 e. The first kappa shape index (κ1) is 25.3. The fourth-order valence-electron chi connectivity index (χ4n) is 3.59. The first-order chi connectivity index (χ1) is 15.5. The second-order valence-corrected chi connectivity index (χ2v) is 8.70. The van der Waals surface area contributed by atoms with Crippen molar-refractivity contribution in [3.63, 3.8) is 0 Å². The van der Waals surface area contributed by atoms with Gasteiger partial charge in [-0.25, -0.2) is 13.8 Å². The Labute approximate surface area is 201 Å². The van der Waals surface area contributed by atoms with Gasteiger partial charge < -0.3 is 9.47 Å². The molecular weight excluding hydrogens is 472 g/mol. The molecule has 33 heavy (non-hydrogen) atoms. The Kier molecular flexibility index (Phi) is 8.96. The predicted molar refractivity (Wildman–Crippen MR) is 128 cm³/mol. The molecule has 0 bridgehead atoms. The first-order valence-corrected chi connectivity index (χ1v) is 11.4. The van der Waals surface area contributed by atoms with Crippen LogP contribution in [0.1, 0.15) is 12.0 Å². The summed E-state index contributed by atoms with van der Waals surface area (Å²) in [6.45, 7) is 6.10. The molecule has 1 aliphatic heterocycles. The van der Waals surface area contributed by atoms with Crippen molar-refractivity contribution in [2.24, 2.45) is 0 Å². The van der Waals surface area contributed by atoms with E-state index in [4.69, 9.17) is 9.47 Å². The van der Waals surface area contributed by atoms with Gasteiger partial charge in [0.1, 0.15) is 17.1 Å². The van der Waals surface area contributed by atoms with E-state index >= 15 is 0 Å². The highest BCUT2D eigenvalue weighted by Crippen LogP contribution is 2.31. The van der Waals surface area contributed by atoms with E-state index in [1.54, 1.807) is 6.07 Å². The number of rotatable bonds is 8. The van der Waals surface area contributed by atoms with Gasteiger partial charge in [0.15, 0.2) is 17.6 Å². The normalized spacial score (nSPS) is 14.2. The predicted octanol–water partition coefficient (Wildman–Crippen LogP) is 4.44. The fraction of sp³-hybridized carbons (Fsp3) is 0.391. The van der Waals surface area contributed by atoms with Crippen molar-refractivity contribution in [1.29, 1.82) is 0 Å². The summed E-state index contributed by atoms with van der Waals surface area (Å²) in [6.07, 6.45) is 0.711. The lowest BCUT2D eigenvalue weighted by atomic mass is 10.2. The number of amides is 1. The molecule has 0 radical (unpaired) electrons. The molecule has 0 aliphatic carbocycles. The van der Waals surface area contributed by atoms with Crippen LogP contribution in [0, 0.1) is 18.6 Å². The average Bonchev–Trinajstić information content (AvgIpc) is 3.20. The third-order valence-electron chi connectivity index (χ3n) is 5.25. The number of nitrogens with zero attached hydrogens (tertiary/aromatic N) is 3. The van der Waals surface area contributed by atoms with E-state index in [0.29, 0.717) is 41.8 Å². The standard InChI is InChI=1S/C23H25F2N3O3S.ClH/c1-16-4-2-5-18(12-16)31-15-21(29)28(7-3-6-27-8-10-30-11-9-27)23-26-22-19(25)13-17(24)14-20(22)32-23;/h2,4-5,12-14H,3,6-11,15H2,1H3;1H. The summed E-state index contributed by atoms with van der Waals surface area (Å²) in [7, 11) is 0. The number of morpholine rings is 1. The summed E-state index contributed by atoms with van der Waals surface area (Å²) < 4.78 is 39.3. The van der Waals surface area contributed by atoms with Crippen LogP contribution in [0.2, 0.25) is 0 Å². The van der Waals surface area contributed by atoms with Crippen molar-refractivity contribution >= 4 is 45.0 Å². The number of aryl methyl sites for hydroxylation is 1. The van der Waals surface area contributed by atoms with Crippen LogP contribution < -0.4 is 9.64 Å². The van der Waals surface area contributed by atoms with E-state index in [1.165, 1.54) is 11.0 Å². The topological polar surface area (TPSA) is 54.9 Å². The number of carbonyl (C=O) groups is 1. The molecule has 0 saturated carbocycles. The van der Waals surface area contributed by atoms with Crippen LogP contribution in [0.15, 0.2) is 36.4 Å². The third kappa shape index (κ3) is 6.60.